The zero-order chi connectivity index (χ0) is 13.7. The number of nitrogens with one attached hydrogen (secondary N) is 1. The lowest BCUT2D eigenvalue weighted by molar-refractivity contribution is -0.122. The number of nitrogens with two attached hydrogens (primary N) is 1. The highest BCUT2D eigenvalue weighted by Crippen LogP contribution is 2.01. The fourth-order valence-electron chi connectivity index (χ4n) is 1.59. The van der Waals surface area contributed by atoms with Crippen LogP contribution in [0.1, 0.15) is 24.4 Å². The zero-order valence-electron chi connectivity index (χ0n) is 10.8. The number of amides is 1. The van der Waals surface area contributed by atoms with Gasteiger partial charge >= 0.3 is 0 Å². The fourth-order valence-corrected chi connectivity index (χ4v) is 1.59. The van der Waals surface area contributed by atoms with E-state index in [0.29, 0.717) is 12.4 Å². The van der Waals surface area contributed by atoms with E-state index in [1.165, 1.54) is 11.0 Å². The van der Waals surface area contributed by atoms with Crippen molar-refractivity contribution in [2.24, 2.45) is 5.73 Å². The van der Waals surface area contributed by atoms with E-state index in [4.69, 9.17) is 5.73 Å². The van der Waals surface area contributed by atoms with E-state index < -0.39 is 0 Å². The molecule has 0 aliphatic heterocycles. The van der Waals surface area contributed by atoms with Gasteiger partial charge in [-0.05, 0) is 12.5 Å². The minimum Gasteiger partial charge on any atom is -0.350 e. The molecule has 1 unspecified atom stereocenters. The van der Waals surface area contributed by atoms with E-state index in [1.807, 2.05) is 30.3 Å². The molecule has 2 aromatic rings. The van der Waals surface area contributed by atoms with Gasteiger partial charge in [0.15, 0.2) is 5.82 Å². The van der Waals surface area contributed by atoms with Crippen molar-refractivity contribution in [3.05, 3.63) is 48.0 Å². The predicted molar refractivity (Wildman–Crippen MR) is 70.9 cm³/mol. The summed E-state index contributed by atoms with van der Waals surface area (Å²) >= 11 is 0. The summed E-state index contributed by atoms with van der Waals surface area (Å²) in [7, 11) is 0. The van der Waals surface area contributed by atoms with Crippen molar-refractivity contribution in [3.8, 4) is 0 Å². The molecule has 0 aliphatic rings. The third-order valence-electron chi connectivity index (χ3n) is 2.60. The summed E-state index contributed by atoms with van der Waals surface area (Å²) in [5.41, 5.74) is 6.71. The molecule has 0 spiro atoms. The van der Waals surface area contributed by atoms with Gasteiger partial charge in [-0.1, -0.05) is 30.3 Å². The van der Waals surface area contributed by atoms with E-state index in [9.17, 15) is 4.79 Å². The highest BCUT2D eigenvalue weighted by atomic mass is 16.2. The second-order valence-electron chi connectivity index (χ2n) is 4.35. The molecule has 1 aromatic carbocycles. The first-order valence-electron chi connectivity index (χ1n) is 6.10. The predicted octanol–water partition coefficient (Wildman–Crippen LogP) is 0.614. The maximum atomic E-state index is 11.7. The average molecular weight is 259 g/mol. The molecule has 19 heavy (non-hydrogen) atoms. The van der Waals surface area contributed by atoms with Crippen LogP contribution in [0.25, 0.3) is 0 Å². The number of hydrogen-bond acceptors (Lipinski definition) is 4. The average Bonchev–Trinajstić information content (AvgIpc) is 2.86. The second kappa shape index (κ2) is 6.10. The zero-order valence-corrected chi connectivity index (χ0v) is 10.8. The third kappa shape index (κ3) is 3.89. The Morgan fingerprint density at radius 2 is 2.16 bits per heavy atom. The summed E-state index contributed by atoms with van der Waals surface area (Å²) in [5.74, 6) is 0.431. The van der Waals surface area contributed by atoms with E-state index in [2.05, 4.69) is 15.4 Å². The molecule has 2 rings (SSSR count). The molecule has 0 fully saturated rings. The van der Waals surface area contributed by atoms with Crippen LogP contribution in [-0.4, -0.2) is 20.7 Å². The number of aromatic nitrogens is 3. The summed E-state index contributed by atoms with van der Waals surface area (Å²) < 4.78 is 1.49. The Hall–Kier alpha value is -2.21. The van der Waals surface area contributed by atoms with E-state index >= 15 is 0 Å². The van der Waals surface area contributed by atoms with Crippen molar-refractivity contribution in [3.63, 3.8) is 0 Å². The summed E-state index contributed by atoms with van der Waals surface area (Å²) in [6.45, 7) is 2.45. The smallest absolute Gasteiger partial charge is 0.242 e. The maximum absolute atomic E-state index is 11.7. The van der Waals surface area contributed by atoms with Crippen LogP contribution in [0.15, 0.2) is 36.7 Å². The topological polar surface area (TPSA) is 85.8 Å². The van der Waals surface area contributed by atoms with E-state index in [-0.39, 0.29) is 18.5 Å². The highest BCUT2D eigenvalue weighted by Gasteiger charge is 2.08. The first kappa shape index (κ1) is 13.2. The van der Waals surface area contributed by atoms with Crippen molar-refractivity contribution in [1.82, 2.24) is 20.1 Å². The molecule has 0 saturated carbocycles. The number of nitrogens with zero attached hydrogens (tertiary/aromatic N) is 3. The number of benzene rings is 1. The Labute approximate surface area is 111 Å². The molecule has 0 saturated heterocycles. The Bertz CT molecular complexity index is 535. The molecular formula is C13H17N5O. The van der Waals surface area contributed by atoms with Crippen LogP contribution < -0.4 is 11.1 Å². The van der Waals surface area contributed by atoms with Gasteiger partial charge in [-0.15, -0.1) is 0 Å². The Morgan fingerprint density at radius 3 is 2.79 bits per heavy atom. The molecule has 6 nitrogen and oxygen atoms in total. The normalized spacial score (nSPS) is 12.1. The molecule has 0 aliphatic carbocycles. The van der Waals surface area contributed by atoms with Gasteiger partial charge in [0.1, 0.15) is 12.9 Å². The molecule has 1 amide bonds. The van der Waals surface area contributed by atoms with Gasteiger partial charge in [-0.2, -0.15) is 5.10 Å². The molecule has 100 valence electrons. The molecule has 1 aromatic heterocycles. The van der Waals surface area contributed by atoms with Crippen molar-refractivity contribution in [1.29, 1.82) is 0 Å². The van der Waals surface area contributed by atoms with Crippen molar-refractivity contribution in [2.75, 3.05) is 0 Å². The summed E-state index contributed by atoms with van der Waals surface area (Å²) in [5, 5.41) is 6.95. The van der Waals surface area contributed by atoms with Crippen LogP contribution >= 0.6 is 0 Å². The lowest BCUT2D eigenvalue weighted by atomic mass is 10.2. The maximum Gasteiger partial charge on any atom is 0.242 e. The SMILES string of the molecule is CC(N)c1ncn(CC(=O)NCc2ccccc2)n1. The van der Waals surface area contributed by atoms with Crippen molar-refractivity contribution in [2.45, 2.75) is 26.1 Å². The summed E-state index contributed by atoms with van der Waals surface area (Å²) in [6, 6.07) is 9.51. The highest BCUT2D eigenvalue weighted by molar-refractivity contribution is 5.75. The number of rotatable bonds is 5. The molecule has 1 heterocycles. The molecule has 0 radical (unpaired) electrons. The summed E-state index contributed by atoms with van der Waals surface area (Å²) in [4.78, 5) is 15.8. The number of carbonyl (C=O) groups is 1. The van der Waals surface area contributed by atoms with Crippen LogP contribution in [-0.2, 0) is 17.9 Å². The largest absolute Gasteiger partial charge is 0.350 e. The molecule has 3 N–H and O–H groups in total. The van der Waals surface area contributed by atoms with Crippen LogP contribution in [0.4, 0.5) is 0 Å². The Morgan fingerprint density at radius 1 is 1.42 bits per heavy atom. The fraction of sp³-hybridized carbons (Fsp3) is 0.308. The standard InChI is InChI=1S/C13H17N5O/c1-10(14)13-16-9-18(17-13)8-12(19)15-7-11-5-3-2-4-6-11/h2-6,9-10H,7-8,14H2,1H3,(H,15,19). The van der Waals surface area contributed by atoms with Crippen LogP contribution in [0.3, 0.4) is 0 Å². The quantitative estimate of drug-likeness (QED) is 0.824. The lowest BCUT2D eigenvalue weighted by Crippen LogP contribution is -2.27. The molecule has 1 atom stereocenters. The third-order valence-corrected chi connectivity index (χ3v) is 2.60. The van der Waals surface area contributed by atoms with Gasteiger partial charge in [-0.25, -0.2) is 9.67 Å². The van der Waals surface area contributed by atoms with Gasteiger partial charge in [0.25, 0.3) is 0 Å². The van der Waals surface area contributed by atoms with E-state index in [0.717, 1.165) is 5.56 Å². The minimum absolute atomic E-state index is 0.107. The molecular weight excluding hydrogens is 242 g/mol. The second-order valence-corrected chi connectivity index (χ2v) is 4.35. The van der Waals surface area contributed by atoms with Gasteiger partial charge in [0.2, 0.25) is 5.91 Å². The monoisotopic (exact) mass is 259 g/mol. The number of carbonyl (C=O) groups excluding carboxylic acids is 1. The molecule has 0 bridgehead atoms. The van der Waals surface area contributed by atoms with Crippen molar-refractivity contribution < 1.29 is 4.79 Å². The number of hydrogen-bond donors (Lipinski definition) is 2. The van der Waals surface area contributed by atoms with Gasteiger partial charge in [-0.3, -0.25) is 4.79 Å². The lowest BCUT2D eigenvalue weighted by Gasteiger charge is -2.05. The van der Waals surface area contributed by atoms with Crippen LogP contribution in [0.5, 0.6) is 0 Å². The van der Waals surface area contributed by atoms with Crippen molar-refractivity contribution >= 4 is 5.91 Å². The summed E-state index contributed by atoms with van der Waals surface area (Å²) in [6.07, 6.45) is 1.51. The van der Waals surface area contributed by atoms with Gasteiger partial charge < -0.3 is 11.1 Å². The van der Waals surface area contributed by atoms with Gasteiger partial charge in [0.05, 0.1) is 6.04 Å². The molecule has 6 heteroatoms. The first-order valence-corrected chi connectivity index (χ1v) is 6.10. The van der Waals surface area contributed by atoms with Crippen LogP contribution in [0, 0.1) is 0 Å². The van der Waals surface area contributed by atoms with Crippen LogP contribution in [0.2, 0.25) is 0 Å². The first-order chi connectivity index (χ1) is 9.15. The minimum atomic E-state index is -0.228. The Kier molecular flexibility index (Phi) is 4.25. The Balaban J connectivity index is 1.84. The van der Waals surface area contributed by atoms with Gasteiger partial charge in [0, 0.05) is 6.54 Å². The van der Waals surface area contributed by atoms with E-state index in [1.54, 1.807) is 6.92 Å².